The normalized spacial score (nSPS) is 9.57. The van der Waals surface area contributed by atoms with Gasteiger partial charge in [0.15, 0.2) is 0 Å². The molecule has 0 saturated carbocycles. The van der Waals surface area contributed by atoms with Crippen LogP contribution in [-0.4, -0.2) is 25.0 Å². The van der Waals surface area contributed by atoms with Crippen LogP contribution in [0.2, 0.25) is 0 Å². The number of carbonyl (C=O) groups is 1. The van der Waals surface area contributed by atoms with Crippen molar-refractivity contribution in [1.29, 1.82) is 0 Å². The van der Waals surface area contributed by atoms with Gasteiger partial charge >= 0.3 is 0 Å². The summed E-state index contributed by atoms with van der Waals surface area (Å²) >= 11 is 0. The van der Waals surface area contributed by atoms with Crippen LogP contribution in [0.15, 0.2) is 24.3 Å². The summed E-state index contributed by atoms with van der Waals surface area (Å²) in [5.74, 6) is 0.851. The fourth-order valence-electron chi connectivity index (χ4n) is 1.24. The van der Waals surface area contributed by atoms with Crippen LogP contribution in [0, 0.1) is 0 Å². The quantitative estimate of drug-likeness (QED) is 0.666. The molecule has 1 aromatic rings. The Morgan fingerprint density at radius 3 is 2.79 bits per heavy atom. The summed E-state index contributed by atoms with van der Waals surface area (Å²) in [6.45, 7) is 3.17. The number of carbonyl (C=O) groups excluding carboxylic acids is 1. The van der Waals surface area contributed by atoms with E-state index in [9.17, 15) is 4.79 Å². The second-order valence-electron chi connectivity index (χ2n) is 3.06. The maximum Gasteiger partial charge on any atom is 0.209 e. The molecule has 3 heteroatoms. The van der Waals surface area contributed by atoms with Crippen molar-refractivity contribution in [3.63, 3.8) is 0 Å². The standard InChI is InChI=1S/C11H15NO2/c1-3-14-11-7-5-4-6-10(11)8-12(2)9-13/h4-7,9H,3,8H2,1-2H3. The van der Waals surface area contributed by atoms with E-state index in [0.29, 0.717) is 13.2 Å². The summed E-state index contributed by atoms with van der Waals surface area (Å²) in [4.78, 5) is 12.0. The Balaban J connectivity index is 2.78. The molecule has 0 aliphatic rings. The summed E-state index contributed by atoms with van der Waals surface area (Å²) in [5, 5.41) is 0. The van der Waals surface area contributed by atoms with Gasteiger partial charge in [-0.15, -0.1) is 0 Å². The molecular weight excluding hydrogens is 178 g/mol. The Hall–Kier alpha value is -1.51. The molecule has 76 valence electrons. The Morgan fingerprint density at radius 1 is 1.43 bits per heavy atom. The minimum Gasteiger partial charge on any atom is -0.494 e. The molecule has 3 nitrogen and oxygen atoms in total. The molecule has 0 N–H and O–H groups in total. The zero-order chi connectivity index (χ0) is 10.4. The van der Waals surface area contributed by atoms with Gasteiger partial charge in [-0.3, -0.25) is 4.79 Å². The van der Waals surface area contributed by atoms with E-state index in [1.165, 1.54) is 0 Å². The molecule has 0 unspecified atom stereocenters. The maximum atomic E-state index is 10.5. The molecular formula is C11H15NO2. The van der Waals surface area contributed by atoms with Crippen molar-refractivity contribution in [1.82, 2.24) is 4.90 Å². The summed E-state index contributed by atoms with van der Waals surface area (Å²) in [7, 11) is 1.75. The SMILES string of the molecule is CCOc1ccccc1CN(C)C=O. The average molecular weight is 193 g/mol. The summed E-state index contributed by atoms with van der Waals surface area (Å²) in [5.41, 5.74) is 1.03. The Kier molecular flexibility index (Phi) is 3.98. The van der Waals surface area contributed by atoms with Gasteiger partial charge in [-0.2, -0.15) is 0 Å². The van der Waals surface area contributed by atoms with E-state index in [-0.39, 0.29) is 0 Å². The third-order valence-electron chi connectivity index (χ3n) is 1.87. The highest BCUT2D eigenvalue weighted by Crippen LogP contribution is 2.18. The lowest BCUT2D eigenvalue weighted by atomic mass is 10.2. The molecule has 1 aromatic carbocycles. The Bertz CT molecular complexity index is 299. The predicted octanol–water partition coefficient (Wildman–Crippen LogP) is 1.67. The third kappa shape index (κ3) is 2.76. The van der Waals surface area contributed by atoms with Crippen molar-refractivity contribution in [2.75, 3.05) is 13.7 Å². The first-order chi connectivity index (χ1) is 6.77. The second kappa shape index (κ2) is 5.27. The molecule has 1 rings (SSSR count). The molecule has 1 amide bonds. The zero-order valence-corrected chi connectivity index (χ0v) is 8.56. The Morgan fingerprint density at radius 2 is 2.14 bits per heavy atom. The largest absolute Gasteiger partial charge is 0.494 e. The smallest absolute Gasteiger partial charge is 0.209 e. The molecule has 0 aliphatic heterocycles. The number of hydrogen-bond acceptors (Lipinski definition) is 2. The van der Waals surface area contributed by atoms with Crippen molar-refractivity contribution in [2.24, 2.45) is 0 Å². The lowest BCUT2D eigenvalue weighted by molar-refractivity contribution is -0.117. The highest BCUT2D eigenvalue weighted by Gasteiger charge is 2.03. The molecule has 0 atom stereocenters. The highest BCUT2D eigenvalue weighted by molar-refractivity contribution is 5.47. The van der Waals surface area contributed by atoms with E-state index >= 15 is 0 Å². The van der Waals surface area contributed by atoms with Crippen molar-refractivity contribution < 1.29 is 9.53 Å². The van der Waals surface area contributed by atoms with Crippen molar-refractivity contribution in [3.8, 4) is 5.75 Å². The van der Waals surface area contributed by atoms with Gasteiger partial charge in [0.05, 0.1) is 6.61 Å². The van der Waals surface area contributed by atoms with Crippen LogP contribution >= 0.6 is 0 Å². The summed E-state index contributed by atoms with van der Waals surface area (Å²) in [6, 6.07) is 7.74. The number of para-hydroxylation sites is 1. The molecule has 14 heavy (non-hydrogen) atoms. The topological polar surface area (TPSA) is 29.5 Å². The summed E-state index contributed by atoms with van der Waals surface area (Å²) in [6.07, 6.45) is 0.808. The lowest BCUT2D eigenvalue weighted by Crippen LogP contribution is -2.15. The molecule has 0 fully saturated rings. The first-order valence-electron chi connectivity index (χ1n) is 4.64. The van der Waals surface area contributed by atoms with Crippen LogP contribution in [-0.2, 0) is 11.3 Å². The van der Waals surface area contributed by atoms with Gasteiger partial charge in [0, 0.05) is 19.2 Å². The van der Waals surface area contributed by atoms with Gasteiger partial charge in [0.2, 0.25) is 6.41 Å². The lowest BCUT2D eigenvalue weighted by Gasteiger charge is -2.14. The number of nitrogens with zero attached hydrogens (tertiary/aromatic N) is 1. The first kappa shape index (κ1) is 10.6. The molecule has 0 radical (unpaired) electrons. The fraction of sp³-hybridized carbons (Fsp3) is 0.364. The maximum absolute atomic E-state index is 10.5. The van der Waals surface area contributed by atoms with Crippen molar-refractivity contribution in [3.05, 3.63) is 29.8 Å². The minimum atomic E-state index is 0.583. The van der Waals surface area contributed by atoms with Crippen LogP contribution < -0.4 is 4.74 Å². The molecule has 0 spiro atoms. The molecule has 0 aromatic heterocycles. The molecule has 0 saturated heterocycles. The van der Waals surface area contributed by atoms with Gasteiger partial charge in [0.25, 0.3) is 0 Å². The number of amides is 1. The average Bonchev–Trinajstić information content (AvgIpc) is 2.21. The van der Waals surface area contributed by atoms with E-state index < -0.39 is 0 Å². The van der Waals surface area contributed by atoms with Gasteiger partial charge < -0.3 is 9.64 Å². The van der Waals surface area contributed by atoms with Crippen LogP contribution in [0.3, 0.4) is 0 Å². The zero-order valence-electron chi connectivity index (χ0n) is 8.56. The van der Waals surface area contributed by atoms with Crippen LogP contribution in [0.25, 0.3) is 0 Å². The summed E-state index contributed by atoms with van der Waals surface area (Å²) < 4.78 is 5.44. The Labute approximate surface area is 84.3 Å². The van der Waals surface area contributed by atoms with E-state index in [1.54, 1.807) is 11.9 Å². The predicted molar refractivity (Wildman–Crippen MR) is 55.1 cm³/mol. The van der Waals surface area contributed by atoms with E-state index in [0.717, 1.165) is 17.7 Å². The van der Waals surface area contributed by atoms with E-state index in [1.807, 2.05) is 31.2 Å². The van der Waals surface area contributed by atoms with E-state index in [4.69, 9.17) is 4.74 Å². The van der Waals surface area contributed by atoms with Crippen molar-refractivity contribution in [2.45, 2.75) is 13.5 Å². The molecule has 0 bridgehead atoms. The fourth-order valence-corrected chi connectivity index (χ4v) is 1.24. The van der Waals surface area contributed by atoms with Gasteiger partial charge in [-0.05, 0) is 13.0 Å². The van der Waals surface area contributed by atoms with Crippen molar-refractivity contribution >= 4 is 6.41 Å². The number of ether oxygens (including phenoxy) is 1. The van der Waals surface area contributed by atoms with Crippen LogP contribution in [0.5, 0.6) is 5.75 Å². The number of hydrogen-bond donors (Lipinski definition) is 0. The first-order valence-corrected chi connectivity index (χ1v) is 4.64. The number of benzene rings is 1. The van der Waals surface area contributed by atoms with Crippen LogP contribution in [0.4, 0.5) is 0 Å². The minimum absolute atomic E-state index is 0.583. The number of rotatable bonds is 5. The monoisotopic (exact) mass is 193 g/mol. The second-order valence-corrected chi connectivity index (χ2v) is 3.06. The van der Waals surface area contributed by atoms with Gasteiger partial charge in [0.1, 0.15) is 5.75 Å². The molecule has 0 heterocycles. The highest BCUT2D eigenvalue weighted by atomic mass is 16.5. The van der Waals surface area contributed by atoms with E-state index in [2.05, 4.69) is 0 Å². The third-order valence-corrected chi connectivity index (χ3v) is 1.87. The van der Waals surface area contributed by atoms with Gasteiger partial charge in [-0.1, -0.05) is 18.2 Å². The molecule has 0 aliphatic carbocycles. The van der Waals surface area contributed by atoms with Crippen LogP contribution in [0.1, 0.15) is 12.5 Å². The van der Waals surface area contributed by atoms with Gasteiger partial charge in [-0.25, -0.2) is 0 Å².